The molecule has 3 N–H and O–H groups in total. The van der Waals surface area contributed by atoms with Crippen LogP contribution in [0.1, 0.15) is 21.5 Å². The maximum atomic E-state index is 13.0. The number of fused-ring (bicyclic) bond motifs is 1. The standard InChI is InChI=1S/C25H20O9S2.CH4O3S/c1-15-3-4-17(13-23(15)35(27,28)29)25(26)18-7-10-22(24(14-18)36(30,31)32)34-21-9-6-16-5-8-20(33-2)11-19(16)12-21;1-5(2,3)4/h3-14H,1-2H3,(H,27,28,29)(H,30,31,32);1H3,(H,2,3,4). The fourth-order valence-corrected chi connectivity index (χ4v) is 5.03. The quantitative estimate of drug-likeness (QED) is 0.196. The molecule has 0 aliphatic rings. The third-order valence-electron chi connectivity index (χ3n) is 5.46. The molecule has 12 nitrogen and oxygen atoms in total. The Kier molecular flexibility index (Phi) is 9.22. The fraction of sp³-hybridized carbons (Fsp3) is 0.115. The minimum absolute atomic E-state index is 0.105. The summed E-state index contributed by atoms with van der Waals surface area (Å²) in [7, 11) is -11.5. The molecule has 4 rings (SSSR count). The van der Waals surface area contributed by atoms with Crippen molar-refractivity contribution in [3.8, 4) is 17.2 Å². The highest BCUT2D eigenvalue weighted by Gasteiger charge is 2.22. The first-order valence-electron chi connectivity index (χ1n) is 11.3. The lowest BCUT2D eigenvalue weighted by Gasteiger charge is -2.12. The van der Waals surface area contributed by atoms with Crippen LogP contribution in [0.25, 0.3) is 10.8 Å². The van der Waals surface area contributed by atoms with Crippen molar-refractivity contribution in [3.63, 3.8) is 0 Å². The highest BCUT2D eigenvalue weighted by atomic mass is 32.2. The molecule has 4 aromatic rings. The number of aryl methyl sites for hydroxylation is 1. The van der Waals surface area contributed by atoms with E-state index in [1.807, 2.05) is 6.07 Å². The Bertz CT molecular complexity index is 1960. The monoisotopic (exact) mass is 624 g/mol. The van der Waals surface area contributed by atoms with E-state index < -0.39 is 45.9 Å². The van der Waals surface area contributed by atoms with Crippen molar-refractivity contribution in [2.75, 3.05) is 13.4 Å². The van der Waals surface area contributed by atoms with Crippen LogP contribution in [0, 0.1) is 6.92 Å². The Hall–Kier alpha value is -3.86. The van der Waals surface area contributed by atoms with Gasteiger partial charge in [0.15, 0.2) is 5.78 Å². The van der Waals surface area contributed by atoms with E-state index in [0.29, 0.717) is 12.0 Å². The third kappa shape index (κ3) is 8.56. The second-order valence-corrected chi connectivity index (χ2v) is 12.9. The first-order chi connectivity index (χ1) is 18.9. The molecule has 0 aliphatic heterocycles. The van der Waals surface area contributed by atoms with Crippen molar-refractivity contribution in [2.45, 2.75) is 16.7 Å². The molecule has 0 saturated carbocycles. The molecule has 0 aliphatic carbocycles. The molecule has 0 bridgehead atoms. The predicted molar refractivity (Wildman–Crippen MR) is 149 cm³/mol. The minimum atomic E-state index is -4.82. The van der Waals surface area contributed by atoms with Gasteiger partial charge in [0, 0.05) is 11.1 Å². The Balaban J connectivity index is 0.000000850. The largest absolute Gasteiger partial charge is 0.497 e. The number of rotatable bonds is 7. The van der Waals surface area contributed by atoms with Crippen molar-refractivity contribution in [1.29, 1.82) is 0 Å². The Labute approximate surface area is 236 Å². The van der Waals surface area contributed by atoms with Crippen molar-refractivity contribution in [1.82, 2.24) is 0 Å². The SMILES string of the molecule is COc1ccc2ccc(Oc3ccc(C(=O)c4ccc(C)c(S(=O)(=O)O)c4)cc3S(=O)(=O)O)cc2c1.CS(=O)(=O)O. The van der Waals surface area contributed by atoms with Crippen LogP contribution in [0.2, 0.25) is 0 Å². The maximum absolute atomic E-state index is 13.0. The highest BCUT2D eigenvalue weighted by molar-refractivity contribution is 7.86. The van der Waals surface area contributed by atoms with Gasteiger partial charge in [0.05, 0.1) is 18.3 Å². The van der Waals surface area contributed by atoms with E-state index in [0.717, 1.165) is 22.9 Å². The van der Waals surface area contributed by atoms with E-state index in [1.54, 1.807) is 30.3 Å². The lowest BCUT2D eigenvalue weighted by molar-refractivity contribution is 0.103. The van der Waals surface area contributed by atoms with Crippen LogP contribution in [0.5, 0.6) is 17.2 Å². The van der Waals surface area contributed by atoms with Crippen LogP contribution in [0.4, 0.5) is 0 Å². The number of methoxy groups -OCH3 is 1. The average molecular weight is 625 g/mol. The van der Waals surface area contributed by atoms with Crippen LogP contribution in [-0.2, 0) is 30.4 Å². The molecule has 15 heteroatoms. The molecule has 41 heavy (non-hydrogen) atoms. The molecule has 0 aromatic heterocycles. The molecule has 0 atom stereocenters. The Morgan fingerprint density at radius 3 is 1.68 bits per heavy atom. The Morgan fingerprint density at radius 2 is 1.15 bits per heavy atom. The Morgan fingerprint density at radius 1 is 0.659 bits per heavy atom. The molecule has 0 spiro atoms. The smallest absolute Gasteiger partial charge is 0.298 e. The first-order valence-corrected chi connectivity index (χ1v) is 16.0. The summed E-state index contributed by atoms with van der Waals surface area (Å²) in [6.45, 7) is 1.45. The zero-order valence-electron chi connectivity index (χ0n) is 21.7. The number of ether oxygens (including phenoxy) is 2. The fourth-order valence-electron chi connectivity index (χ4n) is 3.64. The average Bonchev–Trinajstić information content (AvgIpc) is 2.86. The molecule has 218 valence electrons. The summed E-state index contributed by atoms with van der Waals surface area (Å²) in [5.74, 6) is -0.0570. The predicted octanol–water partition coefficient (Wildman–Crippen LogP) is 4.18. The van der Waals surface area contributed by atoms with Crippen molar-refractivity contribution < 1.29 is 53.2 Å². The maximum Gasteiger partial charge on any atom is 0.298 e. The summed E-state index contributed by atoms with van der Waals surface area (Å²) in [5, 5.41) is 1.66. The zero-order valence-corrected chi connectivity index (χ0v) is 24.1. The molecule has 0 fully saturated rings. The van der Waals surface area contributed by atoms with E-state index in [2.05, 4.69) is 0 Å². The van der Waals surface area contributed by atoms with Gasteiger partial charge in [0.1, 0.15) is 22.1 Å². The normalized spacial score (nSPS) is 11.9. The number of carbonyl (C=O) groups excluding carboxylic acids is 1. The van der Waals surface area contributed by atoms with Gasteiger partial charge in [-0.15, -0.1) is 0 Å². The molecule has 0 amide bonds. The highest BCUT2D eigenvalue weighted by Crippen LogP contribution is 2.33. The molecular weight excluding hydrogens is 600 g/mol. The molecule has 0 heterocycles. The van der Waals surface area contributed by atoms with Gasteiger partial charge in [-0.2, -0.15) is 25.3 Å². The van der Waals surface area contributed by atoms with Crippen LogP contribution in [0.15, 0.2) is 82.6 Å². The molecule has 4 aromatic carbocycles. The van der Waals surface area contributed by atoms with Crippen LogP contribution in [0.3, 0.4) is 0 Å². The number of hydrogen-bond acceptors (Lipinski definition) is 9. The van der Waals surface area contributed by atoms with Crippen LogP contribution < -0.4 is 9.47 Å². The summed E-state index contributed by atoms with van der Waals surface area (Å²) in [6.07, 6.45) is 0.715. The minimum Gasteiger partial charge on any atom is -0.497 e. The lowest BCUT2D eigenvalue weighted by Crippen LogP contribution is -2.08. The first kappa shape index (κ1) is 31.7. The molecule has 0 radical (unpaired) electrons. The summed E-state index contributed by atoms with van der Waals surface area (Å²) in [4.78, 5) is 11.9. The van der Waals surface area contributed by atoms with E-state index in [1.165, 1.54) is 38.3 Å². The van der Waals surface area contributed by atoms with Crippen molar-refractivity contribution in [2.24, 2.45) is 0 Å². The summed E-state index contributed by atoms with van der Waals surface area (Å²) in [5.41, 5.74) is -0.0283. The summed E-state index contributed by atoms with van der Waals surface area (Å²) >= 11 is 0. The molecule has 0 saturated heterocycles. The zero-order chi connectivity index (χ0) is 30.8. The second kappa shape index (κ2) is 11.9. The molecule has 0 unspecified atom stereocenters. The van der Waals surface area contributed by atoms with Crippen LogP contribution in [-0.4, -0.2) is 58.1 Å². The van der Waals surface area contributed by atoms with Crippen LogP contribution >= 0.6 is 0 Å². The van der Waals surface area contributed by atoms with E-state index in [4.69, 9.17) is 14.0 Å². The van der Waals surface area contributed by atoms with Gasteiger partial charge in [0.2, 0.25) is 0 Å². The van der Waals surface area contributed by atoms with E-state index in [-0.39, 0.29) is 28.2 Å². The van der Waals surface area contributed by atoms with E-state index in [9.17, 15) is 39.2 Å². The number of ketones is 1. The van der Waals surface area contributed by atoms with Gasteiger partial charge in [-0.25, -0.2) is 0 Å². The van der Waals surface area contributed by atoms with Gasteiger partial charge >= 0.3 is 0 Å². The molecular formula is C26H24O12S3. The van der Waals surface area contributed by atoms with Gasteiger partial charge in [-0.1, -0.05) is 24.3 Å². The number of hydrogen-bond donors (Lipinski definition) is 3. The summed E-state index contributed by atoms with van der Waals surface area (Å²) < 4.78 is 103. The second-order valence-electron chi connectivity index (χ2n) is 8.63. The van der Waals surface area contributed by atoms with Crippen molar-refractivity contribution >= 4 is 46.9 Å². The number of carbonyl (C=O) groups is 1. The third-order valence-corrected chi connectivity index (χ3v) is 7.33. The van der Waals surface area contributed by atoms with Gasteiger partial charge in [-0.05, 0) is 71.8 Å². The lowest BCUT2D eigenvalue weighted by atomic mass is 10.0. The van der Waals surface area contributed by atoms with Crippen molar-refractivity contribution in [3.05, 3.63) is 89.5 Å². The van der Waals surface area contributed by atoms with Gasteiger partial charge in [-0.3, -0.25) is 18.5 Å². The van der Waals surface area contributed by atoms with E-state index >= 15 is 0 Å². The van der Waals surface area contributed by atoms with Gasteiger partial charge in [0.25, 0.3) is 30.4 Å². The number of benzene rings is 4. The summed E-state index contributed by atoms with van der Waals surface area (Å²) in [6, 6.07) is 17.6. The van der Waals surface area contributed by atoms with Gasteiger partial charge < -0.3 is 9.47 Å². The topological polar surface area (TPSA) is 199 Å².